The molecule has 0 atom stereocenters. The molecule has 1 fully saturated rings. The van der Waals surface area contributed by atoms with Crippen molar-refractivity contribution in [1.82, 2.24) is 14.1 Å². The second-order valence-electron chi connectivity index (χ2n) is 11.8. The van der Waals surface area contributed by atoms with Gasteiger partial charge in [-0.05, 0) is 47.2 Å². The third kappa shape index (κ3) is 8.18. The van der Waals surface area contributed by atoms with Crippen LogP contribution in [0.5, 0.6) is 0 Å². The Hall–Kier alpha value is -2.98. The van der Waals surface area contributed by atoms with Gasteiger partial charge in [0.25, 0.3) is 5.56 Å². The Morgan fingerprint density at radius 1 is 0.955 bits per heavy atom. The Labute approximate surface area is 263 Å². The van der Waals surface area contributed by atoms with Crippen molar-refractivity contribution < 1.29 is 22.9 Å². The second kappa shape index (κ2) is 14.4. The lowest BCUT2D eigenvalue weighted by Gasteiger charge is -2.28. The highest BCUT2D eigenvalue weighted by molar-refractivity contribution is 7.48. The fraction of sp³-hybridized carbons (Fsp3) is 0.438. The molecule has 0 saturated carbocycles. The largest absolute Gasteiger partial charge is 0.476 e. The van der Waals surface area contributed by atoms with Gasteiger partial charge in [0.15, 0.2) is 0 Å². The summed E-state index contributed by atoms with van der Waals surface area (Å²) in [7, 11) is -3.85. The predicted octanol–water partition coefficient (Wildman–Crippen LogP) is 6.83. The Kier molecular flexibility index (Phi) is 10.6. The fourth-order valence-corrected chi connectivity index (χ4v) is 6.38. The van der Waals surface area contributed by atoms with Crippen molar-refractivity contribution in [3.8, 4) is 11.1 Å². The molecule has 10 nitrogen and oxygen atoms in total. The first-order valence-corrected chi connectivity index (χ1v) is 16.7. The maximum absolute atomic E-state index is 13.5. The lowest BCUT2D eigenvalue weighted by Crippen LogP contribution is -2.36. The molecule has 0 radical (unpaired) electrons. The standard InChI is InChI=1S/C32H40ClN4O6P/c1-23(2)20-41-44(39,42-21-24(3)4)43-22-37-19-30(29-16-28(17-34-32(29)37)35-11-13-40-14-12-35)26-9-10-36(31(38)15-26)18-25-5-7-27(33)8-6-25/h5-10,15-17,19,23-24H,11-14,18,20-22H2,1-4H3. The van der Waals surface area contributed by atoms with E-state index in [0.717, 1.165) is 40.9 Å². The highest BCUT2D eigenvalue weighted by Crippen LogP contribution is 2.50. The van der Waals surface area contributed by atoms with Crippen LogP contribution in [0, 0.1) is 11.8 Å². The molecular weight excluding hydrogens is 603 g/mol. The minimum atomic E-state index is -3.85. The topological polar surface area (TPSA) is 97.0 Å². The number of pyridine rings is 2. The van der Waals surface area contributed by atoms with Crippen molar-refractivity contribution >= 4 is 36.1 Å². The average Bonchev–Trinajstić information content (AvgIpc) is 3.38. The summed E-state index contributed by atoms with van der Waals surface area (Å²) >= 11 is 6.03. The zero-order valence-corrected chi connectivity index (χ0v) is 27.3. The van der Waals surface area contributed by atoms with Crippen LogP contribution in [0.25, 0.3) is 22.2 Å². The Morgan fingerprint density at radius 3 is 2.27 bits per heavy atom. The van der Waals surface area contributed by atoms with E-state index in [4.69, 9.17) is 34.9 Å². The van der Waals surface area contributed by atoms with Crippen LogP contribution >= 0.6 is 19.4 Å². The molecule has 12 heteroatoms. The number of phosphoric acid groups is 1. The average molecular weight is 643 g/mol. The Balaban J connectivity index is 1.48. The normalized spacial score (nSPS) is 14.3. The van der Waals surface area contributed by atoms with Crippen LogP contribution in [0.1, 0.15) is 33.3 Å². The Morgan fingerprint density at radius 2 is 1.64 bits per heavy atom. The van der Waals surface area contributed by atoms with E-state index in [0.29, 0.717) is 30.4 Å². The van der Waals surface area contributed by atoms with Crippen LogP contribution in [-0.4, -0.2) is 53.6 Å². The summed E-state index contributed by atoms with van der Waals surface area (Å²) in [5.41, 5.74) is 3.97. The lowest BCUT2D eigenvalue weighted by molar-refractivity contribution is 0.0768. The highest BCUT2D eigenvalue weighted by Gasteiger charge is 2.29. The van der Waals surface area contributed by atoms with Gasteiger partial charge in [0, 0.05) is 47.5 Å². The molecule has 0 aliphatic carbocycles. The highest BCUT2D eigenvalue weighted by atomic mass is 35.5. The van der Waals surface area contributed by atoms with Gasteiger partial charge in [-0.1, -0.05) is 51.4 Å². The van der Waals surface area contributed by atoms with Gasteiger partial charge in [0.2, 0.25) is 0 Å². The zero-order chi connectivity index (χ0) is 31.3. The number of phosphoric ester groups is 1. The van der Waals surface area contributed by atoms with E-state index in [-0.39, 0.29) is 37.3 Å². The van der Waals surface area contributed by atoms with Gasteiger partial charge in [-0.3, -0.25) is 18.4 Å². The van der Waals surface area contributed by atoms with Crippen molar-refractivity contribution in [2.24, 2.45) is 11.8 Å². The van der Waals surface area contributed by atoms with Crippen LogP contribution in [-0.2, 0) is 36.1 Å². The first-order chi connectivity index (χ1) is 21.1. The zero-order valence-electron chi connectivity index (χ0n) is 25.6. The van der Waals surface area contributed by atoms with Crippen molar-refractivity contribution in [1.29, 1.82) is 0 Å². The summed E-state index contributed by atoms with van der Waals surface area (Å²) in [6, 6.07) is 13.1. The first kappa shape index (κ1) is 32.4. The molecule has 4 heterocycles. The molecule has 0 amide bonds. The van der Waals surface area contributed by atoms with Crippen LogP contribution in [0.15, 0.2) is 65.8 Å². The summed E-state index contributed by atoms with van der Waals surface area (Å²) < 4.78 is 39.7. The molecule has 0 unspecified atom stereocenters. The fourth-order valence-electron chi connectivity index (χ4n) is 4.80. The molecule has 1 aliphatic rings. The summed E-state index contributed by atoms with van der Waals surface area (Å²) in [5.74, 6) is 0.298. The van der Waals surface area contributed by atoms with E-state index in [1.807, 2.05) is 70.4 Å². The van der Waals surface area contributed by atoms with Gasteiger partial charge in [-0.25, -0.2) is 9.55 Å². The summed E-state index contributed by atoms with van der Waals surface area (Å²) in [6.07, 6.45) is 5.48. The minimum Gasteiger partial charge on any atom is -0.378 e. The van der Waals surface area contributed by atoms with E-state index < -0.39 is 7.82 Å². The van der Waals surface area contributed by atoms with Crippen molar-refractivity contribution in [2.75, 3.05) is 44.4 Å². The number of hydrogen-bond donors (Lipinski definition) is 0. The monoisotopic (exact) mass is 642 g/mol. The van der Waals surface area contributed by atoms with Crippen LogP contribution in [0.3, 0.4) is 0 Å². The van der Waals surface area contributed by atoms with Crippen LogP contribution in [0.4, 0.5) is 5.69 Å². The molecule has 1 aliphatic heterocycles. The molecule has 236 valence electrons. The number of benzene rings is 1. The molecule has 5 rings (SSSR count). The van der Waals surface area contributed by atoms with Gasteiger partial charge >= 0.3 is 7.82 Å². The molecular formula is C32H40ClN4O6P. The quantitative estimate of drug-likeness (QED) is 0.146. The van der Waals surface area contributed by atoms with Gasteiger partial charge in [-0.2, -0.15) is 0 Å². The maximum atomic E-state index is 13.5. The van der Waals surface area contributed by atoms with E-state index in [9.17, 15) is 9.36 Å². The SMILES string of the molecule is CC(C)COP(=O)(OCC(C)C)OCn1cc(-c2ccn(Cc3ccc(Cl)cc3)c(=O)c2)c2cc(N3CCOCC3)cnc21. The third-order valence-electron chi connectivity index (χ3n) is 7.14. The van der Waals surface area contributed by atoms with Gasteiger partial charge in [0.1, 0.15) is 12.4 Å². The van der Waals surface area contributed by atoms with E-state index >= 15 is 0 Å². The molecule has 3 aromatic heterocycles. The van der Waals surface area contributed by atoms with E-state index in [1.54, 1.807) is 21.4 Å². The van der Waals surface area contributed by atoms with Gasteiger partial charge < -0.3 is 18.8 Å². The first-order valence-electron chi connectivity index (χ1n) is 14.9. The Bertz CT molecular complexity index is 1650. The minimum absolute atomic E-state index is 0.110. The second-order valence-corrected chi connectivity index (χ2v) is 13.9. The molecule has 0 spiro atoms. The molecule has 1 aromatic carbocycles. The molecule has 4 aromatic rings. The molecule has 0 N–H and O–H groups in total. The van der Waals surface area contributed by atoms with Gasteiger partial charge in [0.05, 0.1) is 44.9 Å². The number of ether oxygens (including phenoxy) is 1. The van der Waals surface area contributed by atoms with Crippen molar-refractivity contribution in [3.05, 3.63) is 82.0 Å². The number of aromatic nitrogens is 3. The molecule has 44 heavy (non-hydrogen) atoms. The molecule has 1 saturated heterocycles. The summed E-state index contributed by atoms with van der Waals surface area (Å²) in [4.78, 5) is 20.3. The summed E-state index contributed by atoms with van der Waals surface area (Å²) in [5, 5.41) is 1.49. The number of nitrogens with zero attached hydrogens (tertiary/aromatic N) is 4. The van der Waals surface area contributed by atoms with E-state index in [1.165, 1.54) is 0 Å². The number of hydrogen-bond acceptors (Lipinski definition) is 8. The molecule has 0 bridgehead atoms. The third-order valence-corrected chi connectivity index (χ3v) is 8.75. The number of morpholine rings is 1. The number of rotatable bonds is 13. The number of fused-ring (bicyclic) bond motifs is 1. The summed E-state index contributed by atoms with van der Waals surface area (Å²) in [6.45, 7) is 11.5. The smallest absolute Gasteiger partial charge is 0.378 e. The predicted molar refractivity (Wildman–Crippen MR) is 173 cm³/mol. The van der Waals surface area contributed by atoms with Gasteiger partial charge in [-0.15, -0.1) is 0 Å². The van der Waals surface area contributed by atoms with Crippen LogP contribution in [0.2, 0.25) is 5.02 Å². The van der Waals surface area contributed by atoms with Crippen molar-refractivity contribution in [2.45, 2.75) is 41.0 Å². The number of halogens is 1. The lowest BCUT2D eigenvalue weighted by atomic mass is 10.1. The van der Waals surface area contributed by atoms with E-state index in [2.05, 4.69) is 11.0 Å². The van der Waals surface area contributed by atoms with Crippen LogP contribution < -0.4 is 10.5 Å². The number of anilines is 1. The maximum Gasteiger partial charge on any atom is 0.476 e. The van der Waals surface area contributed by atoms with Crippen molar-refractivity contribution in [3.63, 3.8) is 0 Å².